The molecule has 0 spiro atoms. The van der Waals surface area contributed by atoms with E-state index in [4.69, 9.17) is 30.5 Å². The van der Waals surface area contributed by atoms with Crippen LogP contribution in [0.4, 0.5) is 0 Å². The Morgan fingerprint density at radius 3 is 2.33 bits per heavy atom. The van der Waals surface area contributed by atoms with Gasteiger partial charge in [-0.3, -0.25) is 9.59 Å². The molecule has 0 bridgehead atoms. The Hall–Kier alpha value is -4.71. The number of primary amides is 1. The molecule has 4 amide bonds. The van der Waals surface area contributed by atoms with Gasteiger partial charge in [-0.15, -0.1) is 0 Å². The number of rotatable bonds is 19. The van der Waals surface area contributed by atoms with E-state index >= 15 is 0 Å². The summed E-state index contributed by atoms with van der Waals surface area (Å²) < 4.78 is 14.4. The smallest absolute Gasteiger partial charge is 0.368 e. The van der Waals surface area contributed by atoms with Crippen molar-refractivity contribution < 1.29 is 31.8 Å². The minimum absolute atomic E-state index is 0.0162. The van der Waals surface area contributed by atoms with Gasteiger partial charge in [0, 0.05) is 0 Å². The number of amides is 4. The summed E-state index contributed by atoms with van der Waals surface area (Å²) in [5, 5.41) is 11.4. The van der Waals surface area contributed by atoms with Gasteiger partial charge in [0.1, 0.15) is 0 Å². The van der Waals surface area contributed by atoms with Gasteiger partial charge in [-0.2, -0.15) is 0 Å². The predicted molar refractivity (Wildman–Crippen MR) is 189 cm³/mol. The zero-order valence-electron chi connectivity index (χ0n) is 27.3. The number of carbonyl (C=O) groups excluding carboxylic acids is 5. The fourth-order valence-electron chi connectivity index (χ4n) is 4.48. The normalized spacial score (nSPS) is 15.4. The van der Waals surface area contributed by atoms with Crippen LogP contribution >= 0.6 is 20.2 Å². The van der Waals surface area contributed by atoms with Crippen molar-refractivity contribution in [3.8, 4) is 5.75 Å². The predicted octanol–water partition coefficient (Wildman–Crippen LogP) is 2.05. The Kier molecular flexibility index (Phi) is 15.3. The molecule has 264 valence electrons. The standard InChI is InChI=1S/C32H42IN9O7/c1-19(35)29(44)40-26(9-5-6-15-34)30(45)41-27(31(46)39-20(2)28(36)43)17-21-10-12-22(13-11-21)48-23(14-16-38-42-37)18-33-25-8-4-3-7-24(25)32(47)49-33/h3-4,7-8,10-13,18-20,26-27H,5-6,9,14-17,34-35H2,1-2H3,(H2,36,43)(H,39,46)(H,40,44)(H,41,45)/b23-18+/t19-,20-,26-,27-/m0/s1. The number of fused-ring (bicyclic) bond motifs is 1. The summed E-state index contributed by atoms with van der Waals surface area (Å²) in [6.07, 6.45) is 1.71. The summed E-state index contributed by atoms with van der Waals surface area (Å²) in [5.74, 6) is -2.03. The van der Waals surface area contributed by atoms with Crippen molar-refractivity contribution in [3.63, 3.8) is 0 Å². The SMILES string of the molecule is C[C@H](N)C(=O)N[C@@H](CCCCN)C(=O)N[C@@H](Cc1ccc(O/C(=C/I2OC(=O)c3ccccc32)CCN=[N+]=[N-])cc1)C(=O)N[C@@H](C)C(N)=O. The number of ether oxygens (including phenoxy) is 1. The first kappa shape index (κ1) is 38.7. The summed E-state index contributed by atoms with van der Waals surface area (Å²) in [4.78, 5) is 65.8. The van der Waals surface area contributed by atoms with Crippen molar-refractivity contribution >= 4 is 49.8 Å². The molecule has 16 nitrogen and oxygen atoms in total. The van der Waals surface area contributed by atoms with E-state index in [0.29, 0.717) is 42.0 Å². The Balaban J connectivity index is 1.81. The van der Waals surface area contributed by atoms with Gasteiger partial charge in [0.25, 0.3) is 0 Å². The zero-order chi connectivity index (χ0) is 35.9. The van der Waals surface area contributed by atoms with E-state index in [0.717, 1.165) is 3.57 Å². The molecule has 0 unspecified atom stereocenters. The van der Waals surface area contributed by atoms with Crippen LogP contribution in [0.5, 0.6) is 5.75 Å². The number of nitrogens with one attached hydrogen (secondary N) is 3. The Morgan fingerprint density at radius 1 is 1.00 bits per heavy atom. The topological polar surface area (TPSA) is 267 Å². The second-order valence-electron chi connectivity index (χ2n) is 11.2. The number of benzene rings is 2. The fraction of sp³-hybridized carbons (Fsp3) is 0.406. The molecule has 0 saturated carbocycles. The van der Waals surface area contributed by atoms with Crippen molar-refractivity contribution in [2.75, 3.05) is 13.1 Å². The summed E-state index contributed by atoms with van der Waals surface area (Å²) in [7, 11) is 0. The van der Waals surface area contributed by atoms with Crippen molar-refractivity contribution in [1.82, 2.24) is 16.0 Å². The van der Waals surface area contributed by atoms with E-state index in [1.165, 1.54) is 13.8 Å². The van der Waals surface area contributed by atoms with Crippen LogP contribution in [0.15, 0.2) is 63.5 Å². The maximum atomic E-state index is 13.4. The van der Waals surface area contributed by atoms with E-state index in [-0.39, 0.29) is 31.8 Å². The molecule has 1 aliphatic rings. The molecule has 17 heteroatoms. The maximum absolute atomic E-state index is 13.4. The molecule has 1 aliphatic heterocycles. The van der Waals surface area contributed by atoms with E-state index in [1.54, 1.807) is 40.5 Å². The number of unbranched alkanes of at least 4 members (excludes halogenated alkanes) is 1. The Labute approximate surface area is 291 Å². The molecular weight excluding hydrogens is 749 g/mol. The van der Waals surface area contributed by atoms with E-state index in [9.17, 15) is 24.0 Å². The van der Waals surface area contributed by atoms with Crippen LogP contribution in [-0.2, 0) is 28.7 Å². The summed E-state index contributed by atoms with van der Waals surface area (Å²) in [6.45, 7) is 3.44. The van der Waals surface area contributed by atoms with Gasteiger partial charge in [0.15, 0.2) is 0 Å². The Bertz CT molecular complexity index is 1580. The first-order chi connectivity index (χ1) is 23.4. The molecule has 4 atom stereocenters. The summed E-state index contributed by atoms with van der Waals surface area (Å²) >= 11 is -2.53. The minimum Gasteiger partial charge on any atom is -0.368 e. The third-order valence-electron chi connectivity index (χ3n) is 7.21. The molecule has 3 rings (SSSR count). The summed E-state index contributed by atoms with van der Waals surface area (Å²) in [5.41, 5.74) is 26.5. The van der Waals surface area contributed by atoms with Crippen LogP contribution in [0, 0.1) is 3.57 Å². The summed E-state index contributed by atoms with van der Waals surface area (Å²) in [6, 6.07) is 9.91. The zero-order valence-corrected chi connectivity index (χ0v) is 29.4. The van der Waals surface area contributed by atoms with Crippen LogP contribution in [0.3, 0.4) is 0 Å². The fourth-order valence-corrected chi connectivity index (χ4v) is 8.46. The first-order valence-electron chi connectivity index (χ1n) is 15.6. The van der Waals surface area contributed by atoms with Crippen LogP contribution < -0.4 is 37.9 Å². The van der Waals surface area contributed by atoms with Gasteiger partial charge >= 0.3 is 203 Å². The second-order valence-corrected chi connectivity index (χ2v) is 15.0. The van der Waals surface area contributed by atoms with Gasteiger partial charge in [0.2, 0.25) is 11.8 Å². The minimum atomic E-state index is -2.53. The number of hydrogen-bond acceptors (Lipinski definition) is 10. The molecular formula is C32H42IN9O7. The molecule has 0 radical (unpaired) electrons. The van der Waals surface area contributed by atoms with Crippen molar-refractivity contribution in [3.05, 3.63) is 83.5 Å². The number of carbonyl (C=O) groups is 5. The molecule has 0 aromatic heterocycles. The number of hydrogen-bond donors (Lipinski definition) is 6. The van der Waals surface area contributed by atoms with Gasteiger partial charge < -0.3 is 22.5 Å². The average molecular weight is 792 g/mol. The van der Waals surface area contributed by atoms with Gasteiger partial charge in [0.05, 0.1) is 6.04 Å². The second kappa shape index (κ2) is 19.3. The molecule has 0 fully saturated rings. The molecule has 0 saturated heterocycles. The molecule has 2 aromatic carbocycles. The van der Waals surface area contributed by atoms with E-state index < -0.39 is 68.0 Å². The third kappa shape index (κ3) is 12.0. The number of halogens is 1. The van der Waals surface area contributed by atoms with E-state index in [2.05, 4.69) is 26.0 Å². The number of nitrogens with two attached hydrogens (primary N) is 3. The first-order valence-corrected chi connectivity index (χ1v) is 18.8. The van der Waals surface area contributed by atoms with Gasteiger partial charge in [-0.25, -0.2) is 0 Å². The molecule has 2 aromatic rings. The number of azide groups is 1. The molecule has 49 heavy (non-hydrogen) atoms. The average Bonchev–Trinajstić information content (AvgIpc) is 3.39. The molecule has 9 N–H and O–H groups in total. The Morgan fingerprint density at radius 2 is 1.67 bits per heavy atom. The van der Waals surface area contributed by atoms with Crippen LogP contribution in [0.25, 0.3) is 10.4 Å². The van der Waals surface area contributed by atoms with Crippen LogP contribution in [-0.4, -0.2) is 66.9 Å². The van der Waals surface area contributed by atoms with Crippen molar-refractivity contribution in [1.29, 1.82) is 0 Å². The molecule has 0 aliphatic carbocycles. The monoisotopic (exact) mass is 791 g/mol. The van der Waals surface area contributed by atoms with Crippen molar-refractivity contribution in [2.45, 2.75) is 70.1 Å². The van der Waals surface area contributed by atoms with Crippen LogP contribution in [0.2, 0.25) is 0 Å². The van der Waals surface area contributed by atoms with Crippen LogP contribution in [0.1, 0.15) is 55.5 Å². The van der Waals surface area contributed by atoms with E-state index in [1.807, 2.05) is 12.1 Å². The van der Waals surface area contributed by atoms with Crippen molar-refractivity contribution in [2.24, 2.45) is 22.3 Å². The third-order valence-corrected chi connectivity index (χ3v) is 11.4. The molecule has 1 heterocycles. The quantitative estimate of drug-likeness (QED) is 0.0303. The number of nitrogens with zero attached hydrogens (tertiary/aromatic N) is 3. The van der Waals surface area contributed by atoms with Gasteiger partial charge in [-0.1, -0.05) is 0 Å². The van der Waals surface area contributed by atoms with Gasteiger partial charge in [-0.05, 0) is 39.7 Å².